The fraction of sp³-hybridized carbons (Fsp3) is 0.200. The number of carbonyl (C=O) groups excluding carboxylic acids is 1. The first-order valence-corrected chi connectivity index (χ1v) is 4.75. The molecule has 2 rings (SSSR count). The number of anilines is 1. The molecule has 0 aliphatic carbocycles. The van der Waals surface area contributed by atoms with Gasteiger partial charge in [0.25, 0.3) is 5.91 Å². The van der Waals surface area contributed by atoms with Crippen LogP contribution in [0.4, 0.5) is 5.69 Å². The summed E-state index contributed by atoms with van der Waals surface area (Å²) in [5, 5.41) is 10.1. The molecule has 0 spiro atoms. The van der Waals surface area contributed by atoms with Crippen molar-refractivity contribution in [1.82, 2.24) is 20.0 Å². The Balaban J connectivity index is 2.13. The molecule has 82 valence electrons. The maximum absolute atomic E-state index is 11.7. The zero-order valence-corrected chi connectivity index (χ0v) is 9.01. The molecule has 1 N–H and O–H groups in total. The van der Waals surface area contributed by atoms with Crippen molar-refractivity contribution < 1.29 is 4.79 Å². The molecule has 2 heterocycles. The van der Waals surface area contributed by atoms with Crippen LogP contribution in [0.5, 0.6) is 0 Å². The van der Waals surface area contributed by atoms with Gasteiger partial charge in [-0.3, -0.25) is 14.5 Å². The minimum atomic E-state index is -0.279. The van der Waals surface area contributed by atoms with Crippen LogP contribution >= 0.6 is 0 Å². The average Bonchev–Trinajstić information content (AvgIpc) is 2.65. The zero-order valence-electron chi connectivity index (χ0n) is 9.01. The second-order valence-electron chi connectivity index (χ2n) is 3.42. The lowest BCUT2D eigenvalue weighted by atomic mass is 10.3. The Morgan fingerprint density at radius 2 is 2.31 bits per heavy atom. The summed E-state index contributed by atoms with van der Waals surface area (Å²) in [5.41, 5.74) is 1.83. The maximum Gasteiger partial charge on any atom is 0.277 e. The molecular formula is C10H11N5O. The van der Waals surface area contributed by atoms with Gasteiger partial charge in [0.05, 0.1) is 6.20 Å². The third kappa shape index (κ3) is 2.22. The Kier molecular flexibility index (Phi) is 2.63. The van der Waals surface area contributed by atoms with E-state index in [0.717, 1.165) is 5.69 Å². The monoisotopic (exact) mass is 217 g/mol. The van der Waals surface area contributed by atoms with Gasteiger partial charge >= 0.3 is 0 Å². The van der Waals surface area contributed by atoms with Crippen molar-refractivity contribution in [2.45, 2.75) is 6.92 Å². The van der Waals surface area contributed by atoms with Crippen molar-refractivity contribution >= 4 is 11.6 Å². The van der Waals surface area contributed by atoms with E-state index >= 15 is 0 Å². The average molecular weight is 217 g/mol. The highest BCUT2D eigenvalue weighted by Gasteiger charge is 2.09. The van der Waals surface area contributed by atoms with E-state index in [4.69, 9.17) is 0 Å². The van der Waals surface area contributed by atoms with Crippen LogP contribution in [0, 0.1) is 6.92 Å². The third-order valence-corrected chi connectivity index (χ3v) is 1.99. The molecule has 0 saturated heterocycles. The van der Waals surface area contributed by atoms with Crippen molar-refractivity contribution in [2.24, 2.45) is 7.05 Å². The summed E-state index contributed by atoms with van der Waals surface area (Å²) in [5.74, 6) is -0.279. The number of hydrogen-bond acceptors (Lipinski definition) is 4. The summed E-state index contributed by atoms with van der Waals surface area (Å²) in [6.07, 6.45) is 3.20. The van der Waals surface area contributed by atoms with Gasteiger partial charge in [-0.2, -0.15) is 0 Å². The number of aromatic nitrogens is 4. The molecule has 0 unspecified atom stereocenters. The van der Waals surface area contributed by atoms with E-state index in [9.17, 15) is 4.79 Å². The van der Waals surface area contributed by atoms with Gasteiger partial charge in [0, 0.05) is 24.6 Å². The largest absolute Gasteiger partial charge is 0.320 e. The SMILES string of the molecule is Cc1cc(NC(=O)c2cn(C)nn2)ccn1. The first-order valence-electron chi connectivity index (χ1n) is 4.75. The fourth-order valence-electron chi connectivity index (χ4n) is 1.27. The van der Waals surface area contributed by atoms with Crippen LogP contribution in [0.2, 0.25) is 0 Å². The molecule has 6 nitrogen and oxygen atoms in total. The summed E-state index contributed by atoms with van der Waals surface area (Å²) in [4.78, 5) is 15.7. The first kappa shape index (κ1) is 10.3. The van der Waals surface area contributed by atoms with Crippen LogP contribution in [0.1, 0.15) is 16.2 Å². The van der Waals surface area contributed by atoms with E-state index in [1.807, 2.05) is 6.92 Å². The second kappa shape index (κ2) is 4.09. The van der Waals surface area contributed by atoms with Crippen LogP contribution in [0.25, 0.3) is 0 Å². The molecular weight excluding hydrogens is 206 g/mol. The van der Waals surface area contributed by atoms with Gasteiger partial charge in [0.2, 0.25) is 0 Å². The zero-order chi connectivity index (χ0) is 11.5. The Labute approximate surface area is 92.3 Å². The number of carbonyl (C=O) groups is 1. The second-order valence-corrected chi connectivity index (χ2v) is 3.42. The summed E-state index contributed by atoms with van der Waals surface area (Å²) in [7, 11) is 1.71. The molecule has 1 amide bonds. The van der Waals surface area contributed by atoms with E-state index in [2.05, 4.69) is 20.6 Å². The highest BCUT2D eigenvalue weighted by Crippen LogP contribution is 2.08. The predicted molar refractivity (Wildman–Crippen MR) is 57.9 cm³/mol. The Morgan fingerprint density at radius 3 is 2.94 bits per heavy atom. The summed E-state index contributed by atoms with van der Waals surface area (Å²) in [6, 6.07) is 3.51. The number of pyridine rings is 1. The van der Waals surface area contributed by atoms with Crippen molar-refractivity contribution in [3.8, 4) is 0 Å². The van der Waals surface area contributed by atoms with Gasteiger partial charge in [0.1, 0.15) is 0 Å². The maximum atomic E-state index is 11.7. The molecule has 2 aromatic heterocycles. The molecule has 6 heteroatoms. The van der Waals surface area contributed by atoms with E-state index < -0.39 is 0 Å². The Hall–Kier alpha value is -2.24. The van der Waals surface area contributed by atoms with Crippen molar-refractivity contribution in [1.29, 1.82) is 0 Å². The standard InChI is InChI=1S/C10H11N5O/c1-7-5-8(3-4-11-7)12-10(16)9-6-15(2)14-13-9/h3-6H,1-2H3,(H,11,12,16). The number of hydrogen-bond donors (Lipinski definition) is 1. The topological polar surface area (TPSA) is 72.7 Å². The molecule has 0 aliphatic heterocycles. The first-order chi connectivity index (χ1) is 7.65. The predicted octanol–water partition coefficient (Wildman–Crippen LogP) is 0.771. The lowest BCUT2D eigenvalue weighted by Gasteiger charge is -2.02. The van der Waals surface area contributed by atoms with Gasteiger partial charge in [-0.25, -0.2) is 0 Å². The van der Waals surface area contributed by atoms with Crippen LogP contribution in [0.15, 0.2) is 24.5 Å². The quantitative estimate of drug-likeness (QED) is 0.806. The highest BCUT2D eigenvalue weighted by atomic mass is 16.2. The number of nitrogens with one attached hydrogen (secondary N) is 1. The van der Waals surface area contributed by atoms with Crippen molar-refractivity contribution in [3.05, 3.63) is 35.9 Å². The van der Waals surface area contributed by atoms with Gasteiger partial charge in [-0.15, -0.1) is 5.10 Å². The number of nitrogens with zero attached hydrogens (tertiary/aromatic N) is 4. The van der Waals surface area contributed by atoms with Gasteiger partial charge < -0.3 is 5.32 Å². The smallest absolute Gasteiger partial charge is 0.277 e. The van der Waals surface area contributed by atoms with Crippen LogP contribution < -0.4 is 5.32 Å². The van der Waals surface area contributed by atoms with Crippen molar-refractivity contribution in [3.63, 3.8) is 0 Å². The van der Waals surface area contributed by atoms with E-state index in [1.54, 1.807) is 31.6 Å². The van der Waals surface area contributed by atoms with E-state index in [-0.39, 0.29) is 11.6 Å². The molecule has 0 radical (unpaired) electrons. The Bertz CT molecular complexity index is 519. The lowest BCUT2D eigenvalue weighted by Crippen LogP contribution is -2.12. The normalized spacial score (nSPS) is 10.1. The summed E-state index contributed by atoms with van der Waals surface area (Å²) in [6.45, 7) is 1.86. The lowest BCUT2D eigenvalue weighted by molar-refractivity contribution is 0.102. The molecule has 0 atom stereocenters. The van der Waals surface area contributed by atoms with Gasteiger partial charge in [-0.1, -0.05) is 5.21 Å². The molecule has 0 fully saturated rings. The number of aryl methyl sites for hydroxylation is 2. The van der Waals surface area contributed by atoms with E-state index in [1.165, 1.54) is 4.68 Å². The van der Waals surface area contributed by atoms with Crippen molar-refractivity contribution in [2.75, 3.05) is 5.32 Å². The minimum absolute atomic E-state index is 0.279. The third-order valence-electron chi connectivity index (χ3n) is 1.99. The fourth-order valence-corrected chi connectivity index (χ4v) is 1.27. The molecule has 2 aromatic rings. The molecule has 0 saturated carbocycles. The summed E-state index contributed by atoms with van der Waals surface area (Å²) >= 11 is 0. The minimum Gasteiger partial charge on any atom is -0.320 e. The number of rotatable bonds is 2. The number of amides is 1. The van der Waals surface area contributed by atoms with Gasteiger partial charge in [-0.05, 0) is 19.1 Å². The Morgan fingerprint density at radius 1 is 1.50 bits per heavy atom. The van der Waals surface area contributed by atoms with Crippen LogP contribution in [-0.2, 0) is 7.05 Å². The molecule has 0 aliphatic rings. The van der Waals surface area contributed by atoms with Crippen LogP contribution in [-0.4, -0.2) is 25.9 Å². The van der Waals surface area contributed by atoms with E-state index in [0.29, 0.717) is 5.69 Å². The van der Waals surface area contributed by atoms with Crippen LogP contribution in [0.3, 0.4) is 0 Å². The highest BCUT2D eigenvalue weighted by molar-refractivity contribution is 6.02. The van der Waals surface area contributed by atoms with Gasteiger partial charge in [0.15, 0.2) is 5.69 Å². The molecule has 0 aromatic carbocycles. The summed E-state index contributed by atoms with van der Waals surface area (Å²) < 4.78 is 1.48. The molecule has 0 bridgehead atoms. The molecule has 16 heavy (non-hydrogen) atoms.